The normalized spacial score (nSPS) is 21.9. The van der Waals surface area contributed by atoms with Crippen LogP contribution in [0.2, 0.25) is 0 Å². The minimum absolute atomic E-state index is 0.331. The molecule has 164 valence electrons. The van der Waals surface area contributed by atoms with Gasteiger partial charge in [-0.05, 0) is 76.8 Å². The number of carbonyl (C=O) groups excluding carboxylic acids is 1. The molecule has 0 aliphatic carbocycles. The minimum atomic E-state index is 0.331. The number of rotatable bonds is 6. The van der Waals surface area contributed by atoms with Crippen LogP contribution in [0.3, 0.4) is 0 Å². The van der Waals surface area contributed by atoms with E-state index in [-0.39, 0.29) is 0 Å². The van der Waals surface area contributed by atoms with Gasteiger partial charge in [-0.25, -0.2) is 4.98 Å². The number of aryl methyl sites for hydroxylation is 1. The summed E-state index contributed by atoms with van der Waals surface area (Å²) in [6.45, 7) is 5.30. The summed E-state index contributed by atoms with van der Waals surface area (Å²) < 4.78 is 2.22. The lowest BCUT2D eigenvalue weighted by molar-refractivity contribution is -0.133. The molecule has 2 aromatic rings. The lowest BCUT2D eigenvalue weighted by Gasteiger charge is -2.36. The van der Waals surface area contributed by atoms with Gasteiger partial charge in [-0.3, -0.25) is 9.69 Å². The predicted octanol–water partition coefficient (Wildman–Crippen LogP) is 3.12. The number of nitrogens with zero attached hydrogens (tertiary/aromatic N) is 5. The van der Waals surface area contributed by atoms with Crippen LogP contribution >= 0.6 is 0 Å². The van der Waals surface area contributed by atoms with Gasteiger partial charge in [0.15, 0.2) is 0 Å². The molecule has 0 bridgehead atoms. The Balaban J connectivity index is 1.27. The Hall–Kier alpha value is -1.92. The van der Waals surface area contributed by atoms with Gasteiger partial charge in [0.1, 0.15) is 5.82 Å². The van der Waals surface area contributed by atoms with Gasteiger partial charge in [0.25, 0.3) is 0 Å². The maximum Gasteiger partial charge on any atom is 0.222 e. The fourth-order valence-electron chi connectivity index (χ4n) is 5.16. The fraction of sp³-hybridized carbons (Fsp3) is 0.667. The molecule has 2 aliphatic rings. The van der Waals surface area contributed by atoms with E-state index in [1.165, 1.54) is 18.4 Å². The van der Waals surface area contributed by atoms with Crippen LogP contribution in [0, 0.1) is 5.92 Å². The molecule has 1 amide bonds. The molecule has 0 saturated carbocycles. The van der Waals surface area contributed by atoms with Crippen LogP contribution < -0.4 is 0 Å². The van der Waals surface area contributed by atoms with Crippen LogP contribution in [0.15, 0.2) is 24.3 Å². The van der Waals surface area contributed by atoms with Crippen molar-refractivity contribution in [1.82, 2.24) is 24.3 Å². The van der Waals surface area contributed by atoms with E-state index in [1.54, 1.807) is 0 Å². The molecule has 30 heavy (non-hydrogen) atoms. The maximum absolute atomic E-state index is 12.8. The highest BCUT2D eigenvalue weighted by molar-refractivity contribution is 5.76. The first-order valence-corrected chi connectivity index (χ1v) is 11.6. The predicted molar refractivity (Wildman–Crippen MR) is 121 cm³/mol. The van der Waals surface area contributed by atoms with Crippen molar-refractivity contribution in [1.29, 1.82) is 0 Å². The number of likely N-dealkylation sites (tertiary alicyclic amines) is 2. The quantitative estimate of drug-likeness (QED) is 0.733. The highest BCUT2D eigenvalue weighted by Gasteiger charge is 2.26. The molecule has 2 fully saturated rings. The van der Waals surface area contributed by atoms with Crippen molar-refractivity contribution in [2.45, 2.75) is 51.1 Å². The van der Waals surface area contributed by atoms with Crippen LogP contribution in [-0.2, 0) is 18.4 Å². The lowest BCUT2D eigenvalue weighted by atomic mass is 9.93. The molecule has 0 N–H and O–H groups in total. The van der Waals surface area contributed by atoms with Crippen LogP contribution in [-0.4, -0.2) is 76.5 Å². The Labute approximate surface area is 180 Å². The molecular formula is C24H37N5O. The smallest absolute Gasteiger partial charge is 0.222 e. The summed E-state index contributed by atoms with van der Waals surface area (Å²) in [7, 11) is 6.29. The van der Waals surface area contributed by atoms with Crippen molar-refractivity contribution < 1.29 is 4.79 Å². The van der Waals surface area contributed by atoms with Gasteiger partial charge >= 0.3 is 0 Å². The number of piperidine rings is 2. The second-order valence-electron chi connectivity index (χ2n) is 9.40. The number of carbonyl (C=O) groups is 1. The topological polar surface area (TPSA) is 44.6 Å². The summed E-state index contributed by atoms with van der Waals surface area (Å²) in [5, 5.41) is 0. The molecule has 1 unspecified atom stereocenters. The second-order valence-corrected chi connectivity index (χ2v) is 9.40. The van der Waals surface area contributed by atoms with Gasteiger partial charge in [-0.1, -0.05) is 12.1 Å². The Morgan fingerprint density at radius 1 is 1.13 bits per heavy atom. The van der Waals surface area contributed by atoms with E-state index in [1.807, 2.05) is 11.9 Å². The summed E-state index contributed by atoms with van der Waals surface area (Å²) in [6.07, 6.45) is 6.36. The number of hydrogen-bond acceptors (Lipinski definition) is 4. The molecular weight excluding hydrogens is 374 g/mol. The van der Waals surface area contributed by atoms with E-state index in [0.717, 1.165) is 63.3 Å². The van der Waals surface area contributed by atoms with E-state index in [4.69, 9.17) is 4.98 Å². The van der Waals surface area contributed by atoms with Crippen molar-refractivity contribution in [3.05, 3.63) is 30.1 Å². The molecule has 1 aromatic heterocycles. The van der Waals surface area contributed by atoms with Crippen LogP contribution in [0.4, 0.5) is 0 Å². The molecule has 6 nitrogen and oxygen atoms in total. The number of benzene rings is 1. The number of imidazole rings is 1. The number of aromatic nitrogens is 2. The Morgan fingerprint density at radius 2 is 1.90 bits per heavy atom. The molecule has 2 saturated heterocycles. The van der Waals surface area contributed by atoms with Gasteiger partial charge in [-0.15, -0.1) is 0 Å². The van der Waals surface area contributed by atoms with Crippen LogP contribution in [0.25, 0.3) is 11.0 Å². The number of para-hydroxylation sites is 2. The zero-order valence-corrected chi connectivity index (χ0v) is 18.9. The fourth-order valence-corrected chi connectivity index (χ4v) is 5.16. The summed E-state index contributed by atoms with van der Waals surface area (Å²) in [6, 6.07) is 8.77. The highest BCUT2D eigenvalue weighted by Crippen LogP contribution is 2.24. The minimum Gasteiger partial charge on any atom is -0.343 e. The average Bonchev–Trinajstić information content (AvgIpc) is 3.08. The Bertz CT molecular complexity index is 854. The van der Waals surface area contributed by atoms with Crippen molar-refractivity contribution in [2.24, 2.45) is 13.0 Å². The van der Waals surface area contributed by atoms with E-state index < -0.39 is 0 Å². The summed E-state index contributed by atoms with van der Waals surface area (Å²) in [5.41, 5.74) is 2.27. The maximum atomic E-state index is 12.8. The SMILES string of the molecule is CN1CCC(N(C)C(=O)CCC2CCCN(Cc3nc4ccccc4n3C)C2)CC1. The van der Waals surface area contributed by atoms with Crippen LogP contribution in [0.1, 0.15) is 44.3 Å². The van der Waals surface area contributed by atoms with E-state index >= 15 is 0 Å². The molecule has 3 heterocycles. The number of fused-ring (bicyclic) bond motifs is 1. The van der Waals surface area contributed by atoms with Crippen LogP contribution in [0.5, 0.6) is 0 Å². The van der Waals surface area contributed by atoms with E-state index in [0.29, 0.717) is 24.3 Å². The first-order valence-electron chi connectivity index (χ1n) is 11.6. The summed E-state index contributed by atoms with van der Waals surface area (Å²) >= 11 is 0. The van der Waals surface area contributed by atoms with Gasteiger partial charge in [0.2, 0.25) is 5.91 Å². The molecule has 0 spiro atoms. The largest absolute Gasteiger partial charge is 0.343 e. The first-order chi connectivity index (χ1) is 14.5. The van der Waals surface area contributed by atoms with Crippen molar-refractivity contribution in [2.75, 3.05) is 40.3 Å². The number of amides is 1. The van der Waals surface area contributed by atoms with Gasteiger partial charge in [0, 0.05) is 33.1 Å². The molecule has 0 radical (unpaired) electrons. The molecule has 6 heteroatoms. The average molecular weight is 412 g/mol. The van der Waals surface area contributed by atoms with Gasteiger partial charge < -0.3 is 14.4 Å². The van der Waals surface area contributed by atoms with Gasteiger partial charge in [0.05, 0.1) is 17.6 Å². The van der Waals surface area contributed by atoms with E-state index in [9.17, 15) is 4.79 Å². The molecule has 1 aromatic carbocycles. The zero-order chi connectivity index (χ0) is 21.1. The third-order valence-corrected chi connectivity index (χ3v) is 7.24. The summed E-state index contributed by atoms with van der Waals surface area (Å²) in [5.74, 6) is 2.08. The van der Waals surface area contributed by atoms with Crippen molar-refractivity contribution in [3.63, 3.8) is 0 Å². The van der Waals surface area contributed by atoms with Crippen molar-refractivity contribution in [3.8, 4) is 0 Å². The lowest BCUT2D eigenvalue weighted by Crippen LogP contribution is -2.44. The third kappa shape index (κ3) is 4.86. The Morgan fingerprint density at radius 3 is 2.67 bits per heavy atom. The zero-order valence-electron chi connectivity index (χ0n) is 18.9. The molecule has 4 rings (SSSR count). The van der Waals surface area contributed by atoms with Gasteiger partial charge in [-0.2, -0.15) is 0 Å². The van der Waals surface area contributed by atoms with Crippen molar-refractivity contribution >= 4 is 16.9 Å². The second kappa shape index (κ2) is 9.48. The standard InChI is InChI=1S/C24H37N5O/c1-26-15-12-20(13-16-26)27(2)24(30)11-10-19-7-6-14-29(17-19)18-23-25-21-8-4-5-9-22(21)28(23)3/h4-5,8-9,19-20H,6-7,10-18H2,1-3H3. The monoisotopic (exact) mass is 411 g/mol. The third-order valence-electron chi connectivity index (χ3n) is 7.24. The number of hydrogen-bond donors (Lipinski definition) is 0. The molecule has 2 aliphatic heterocycles. The highest BCUT2D eigenvalue weighted by atomic mass is 16.2. The Kier molecular flexibility index (Phi) is 6.74. The first kappa shape index (κ1) is 21.3. The summed E-state index contributed by atoms with van der Waals surface area (Å²) in [4.78, 5) is 24.5. The van der Waals surface area contributed by atoms with E-state index in [2.05, 4.69) is 52.7 Å². The molecule has 1 atom stereocenters.